The molecule has 0 N–H and O–H groups in total. The number of rotatable bonds is 3. The molecule has 88 valence electrons. The van der Waals surface area contributed by atoms with E-state index in [1.54, 1.807) is 0 Å². The summed E-state index contributed by atoms with van der Waals surface area (Å²) in [7, 11) is 0. The van der Waals surface area contributed by atoms with Crippen LogP contribution in [-0.2, 0) is 24.4 Å². The van der Waals surface area contributed by atoms with Gasteiger partial charge in [-0.3, -0.25) is 0 Å². The lowest BCUT2D eigenvalue weighted by atomic mass is 10.1. The monoisotopic (exact) mass is 250 g/mol. The maximum atomic E-state index is 5.62. The number of benzene rings is 1. The average Bonchev–Trinajstić information content (AvgIpc) is 2.96. The molecule has 0 bridgehead atoms. The maximum Gasteiger partial charge on any atom is 0.247 e. The number of hydrogen-bond acceptors (Lipinski definition) is 4. The number of aryl methyl sites for hydroxylation is 1. The molecule has 2 heterocycles. The van der Waals surface area contributed by atoms with Crippen molar-refractivity contribution in [2.24, 2.45) is 0 Å². The van der Waals surface area contributed by atoms with Crippen molar-refractivity contribution in [1.82, 2.24) is 10.2 Å². The van der Waals surface area contributed by atoms with Crippen molar-refractivity contribution in [3.8, 4) is 11.5 Å². The molecule has 0 spiro atoms. The van der Waals surface area contributed by atoms with Gasteiger partial charge in [0.25, 0.3) is 0 Å². The van der Waals surface area contributed by atoms with Crippen LogP contribution in [-0.4, -0.2) is 16.1 Å². The minimum Gasteiger partial charge on any atom is -0.421 e. The van der Waals surface area contributed by atoms with E-state index in [0.29, 0.717) is 37.3 Å². The Morgan fingerprint density at radius 2 is 2.06 bits per heavy atom. The normalized spacial score (nSPS) is 13.9. The van der Waals surface area contributed by atoms with Crippen LogP contribution < -0.4 is 0 Å². The van der Waals surface area contributed by atoms with Gasteiger partial charge in [-0.2, -0.15) is 0 Å². The first-order chi connectivity index (χ1) is 8.36. The summed E-state index contributed by atoms with van der Waals surface area (Å²) < 4.78 is 10.9. The second kappa shape index (κ2) is 4.47. The van der Waals surface area contributed by atoms with Crippen LogP contribution in [0.3, 0.4) is 0 Å². The molecule has 0 unspecified atom stereocenters. The highest BCUT2D eigenvalue weighted by Gasteiger charge is 2.14. The quantitative estimate of drug-likeness (QED) is 0.786. The van der Waals surface area contributed by atoms with Crippen molar-refractivity contribution in [1.29, 1.82) is 0 Å². The van der Waals surface area contributed by atoms with E-state index < -0.39 is 0 Å². The van der Waals surface area contributed by atoms with E-state index in [9.17, 15) is 0 Å². The average molecular weight is 251 g/mol. The van der Waals surface area contributed by atoms with E-state index in [0.717, 1.165) is 5.56 Å². The smallest absolute Gasteiger partial charge is 0.247 e. The van der Waals surface area contributed by atoms with Crippen LogP contribution in [0.5, 0.6) is 0 Å². The Morgan fingerprint density at radius 1 is 1.18 bits per heavy atom. The summed E-state index contributed by atoms with van der Waals surface area (Å²) in [4.78, 5) is 0. The minimum atomic E-state index is 0.486. The van der Waals surface area contributed by atoms with Crippen molar-refractivity contribution in [3.05, 3.63) is 35.2 Å². The van der Waals surface area contributed by atoms with Crippen LogP contribution in [0.25, 0.3) is 11.5 Å². The first-order valence-corrected chi connectivity index (χ1v) is 5.98. The van der Waals surface area contributed by atoms with E-state index in [1.165, 1.54) is 11.1 Å². The van der Waals surface area contributed by atoms with Crippen molar-refractivity contribution in [2.75, 3.05) is 5.88 Å². The number of ether oxygens (including phenoxy) is 1. The zero-order chi connectivity index (χ0) is 11.7. The molecule has 1 aliphatic rings. The lowest BCUT2D eigenvalue weighted by Gasteiger charge is -1.98. The van der Waals surface area contributed by atoms with Gasteiger partial charge in [0.1, 0.15) is 0 Å². The Bertz CT molecular complexity index is 539. The summed E-state index contributed by atoms with van der Waals surface area (Å²) in [5.41, 5.74) is 3.36. The molecule has 1 aliphatic heterocycles. The van der Waals surface area contributed by atoms with Crippen LogP contribution >= 0.6 is 11.6 Å². The molecule has 5 heteroatoms. The van der Waals surface area contributed by atoms with E-state index in [4.69, 9.17) is 20.8 Å². The molecule has 2 aromatic rings. The van der Waals surface area contributed by atoms with Gasteiger partial charge in [-0.1, -0.05) is 6.07 Å². The number of nitrogens with zero attached hydrogens (tertiary/aromatic N) is 2. The number of fused-ring (bicyclic) bond motifs is 1. The van der Waals surface area contributed by atoms with Gasteiger partial charge in [0.2, 0.25) is 11.8 Å². The van der Waals surface area contributed by atoms with Gasteiger partial charge in [0, 0.05) is 17.9 Å². The van der Waals surface area contributed by atoms with Crippen LogP contribution in [0.1, 0.15) is 17.0 Å². The third-order valence-corrected chi connectivity index (χ3v) is 2.93. The fourth-order valence-corrected chi connectivity index (χ4v) is 2.02. The summed E-state index contributed by atoms with van der Waals surface area (Å²) in [6.45, 7) is 1.35. The third kappa shape index (κ3) is 2.06. The Morgan fingerprint density at radius 3 is 2.94 bits per heavy atom. The van der Waals surface area contributed by atoms with Crippen molar-refractivity contribution >= 4 is 11.6 Å². The van der Waals surface area contributed by atoms with Gasteiger partial charge >= 0.3 is 0 Å². The Kier molecular flexibility index (Phi) is 2.82. The van der Waals surface area contributed by atoms with Crippen LogP contribution in [0.4, 0.5) is 0 Å². The van der Waals surface area contributed by atoms with Crippen LogP contribution in [0, 0.1) is 0 Å². The fraction of sp³-hybridized carbons (Fsp3) is 0.333. The van der Waals surface area contributed by atoms with Crippen molar-refractivity contribution in [2.45, 2.75) is 19.6 Å². The molecule has 0 aliphatic carbocycles. The molecular formula is C12H11ClN2O2. The third-order valence-electron chi connectivity index (χ3n) is 2.74. The molecule has 0 saturated carbocycles. The number of alkyl halides is 1. The molecule has 0 fully saturated rings. The Balaban J connectivity index is 1.92. The van der Waals surface area contributed by atoms with E-state index in [-0.39, 0.29) is 0 Å². The summed E-state index contributed by atoms with van der Waals surface area (Å²) in [6.07, 6.45) is 0.600. The Hall–Kier alpha value is -1.39. The van der Waals surface area contributed by atoms with Gasteiger partial charge < -0.3 is 9.15 Å². The second-order valence-corrected chi connectivity index (χ2v) is 4.29. The summed E-state index contributed by atoms with van der Waals surface area (Å²) in [6, 6.07) is 6.06. The highest BCUT2D eigenvalue weighted by molar-refractivity contribution is 6.17. The predicted octanol–water partition coefficient (Wildman–Crippen LogP) is 2.55. The fourth-order valence-electron chi connectivity index (χ4n) is 1.86. The number of aromatic nitrogens is 2. The molecule has 3 rings (SSSR count). The van der Waals surface area contributed by atoms with Gasteiger partial charge in [-0.05, 0) is 23.3 Å². The zero-order valence-electron chi connectivity index (χ0n) is 9.15. The molecular weight excluding hydrogens is 240 g/mol. The first-order valence-electron chi connectivity index (χ1n) is 5.45. The van der Waals surface area contributed by atoms with Crippen LogP contribution in [0.2, 0.25) is 0 Å². The van der Waals surface area contributed by atoms with Crippen molar-refractivity contribution < 1.29 is 9.15 Å². The van der Waals surface area contributed by atoms with Gasteiger partial charge in [-0.25, -0.2) is 0 Å². The molecule has 0 atom stereocenters. The van der Waals surface area contributed by atoms with E-state index >= 15 is 0 Å². The van der Waals surface area contributed by atoms with Gasteiger partial charge in [0.05, 0.1) is 13.2 Å². The van der Waals surface area contributed by atoms with E-state index in [1.807, 2.05) is 18.2 Å². The molecule has 0 saturated heterocycles. The highest BCUT2D eigenvalue weighted by Crippen LogP contribution is 2.26. The molecule has 1 aromatic carbocycles. The molecule has 4 nitrogen and oxygen atoms in total. The summed E-state index contributed by atoms with van der Waals surface area (Å²) in [5, 5.41) is 7.96. The standard InChI is InChI=1S/C12H11ClN2O2/c13-4-3-11-14-15-12(17-11)8-1-2-9-6-16-7-10(9)5-8/h1-2,5H,3-4,6-7H2. The second-order valence-electron chi connectivity index (χ2n) is 3.92. The van der Waals surface area contributed by atoms with E-state index in [2.05, 4.69) is 10.2 Å². The largest absolute Gasteiger partial charge is 0.421 e. The lowest BCUT2D eigenvalue weighted by Crippen LogP contribution is -1.84. The minimum absolute atomic E-state index is 0.486. The Labute approximate surface area is 104 Å². The lowest BCUT2D eigenvalue weighted by molar-refractivity contribution is 0.134. The molecule has 0 radical (unpaired) electrons. The first kappa shape index (κ1) is 10.7. The SMILES string of the molecule is ClCCc1nnc(-c2ccc3c(c2)COC3)o1. The number of hydrogen-bond donors (Lipinski definition) is 0. The highest BCUT2D eigenvalue weighted by atomic mass is 35.5. The maximum absolute atomic E-state index is 5.62. The van der Waals surface area contributed by atoms with Crippen LogP contribution in [0.15, 0.2) is 22.6 Å². The topological polar surface area (TPSA) is 48.2 Å². The van der Waals surface area contributed by atoms with Gasteiger partial charge in [-0.15, -0.1) is 21.8 Å². The predicted molar refractivity (Wildman–Crippen MR) is 62.7 cm³/mol. The van der Waals surface area contributed by atoms with Gasteiger partial charge in [0.15, 0.2) is 0 Å². The van der Waals surface area contributed by atoms with Crippen molar-refractivity contribution in [3.63, 3.8) is 0 Å². The molecule has 17 heavy (non-hydrogen) atoms. The summed E-state index contributed by atoms with van der Waals surface area (Å²) in [5.74, 6) is 1.60. The molecule has 1 aromatic heterocycles. The number of halogens is 1. The molecule has 0 amide bonds. The summed E-state index contributed by atoms with van der Waals surface area (Å²) >= 11 is 5.62. The zero-order valence-corrected chi connectivity index (χ0v) is 9.91.